The molecule has 0 N–H and O–H groups in total. The fourth-order valence-electron chi connectivity index (χ4n) is 2.48. The Kier molecular flexibility index (Phi) is 4.97. The minimum atomic E-state index is -0.887. The SMILES string of the molecule is Cn1nc(C(=O)Cc2ccc(Cc3cccc(F)c3F)cn2)ccc1=O. The second-order valence-corrected chi connectivity index (χ2v) is 5.83. The predicted molar refractivity (Wildman–Crippen MR) is 90.9 cm³/mol. The van der Waals surface area contributed by atoms with E-state index >= 15 is 0 Å². The third kappa shape index (κ3) is 3.88. The van der Waals surface area contributed by atoms with Crippen LogP contribution in [0.3, 0.4) is 0 Å². The lowest BCUT2D eigenvalue weighted by Crippen LogP contribution is -2.21. The number of benzene rings is 1. The molecule has 7 heteroatoms. The van der Waals surface area contributed by atoms with Gasteiger partial charge in [0.1, 0.15) is 5.69 Å². The maximum absolute atomic E-state index is 13.7. The lowest BCUT2D eigenvalue weighted by atomic mass is 10.0. The van der Waals surface area contributed by atoms with Crippen LogP contribution >= 0.6 is 0 Å². The van der Waals surface area contributed by atoms with Crippen molar-refractivity contribution in [3.05, 3.63) is 93.2 Å². The van der Waals surface area contributed by atoms with Gasteiger partial charge in [0.05, 0.1) is 6.42 Å². The van der Waals surface area contributed by atoms with E-state index in [-0.39, 0.29) is 35.4 Å². The third-order valence-corrected chi connectivity index (χ3v) is 3.90. The maximum Gasteiger partial charge on any atom is 0.266 e. The van der Waals surface area contributed by atoms with Gasteiger partial charge in [0, 0.05) is 31.4 Å². The predicted octanol–water partition coefficient (Wildman–Crippen LogP) is 2.47. The van der Waals surface area contributed by atoms with Gasteiger partial charge in [-0.2, -0.15) is 5.10 Å². The molecule has 3 aromatic rings. The summed E-state index contributed by atoms with van der Waals surface area (Å²) in [5.74, 6) is -2.02. The molecule has 5 nitrogen and oxygen atoms in total. The lowest BCUT2D eigenvalue weighted by molar-refractivity contribution is 0.0985. The molecule has 3 rings (SSSR count). The van der Waals surface area contributed by atoms with Crippen molar-refractivity contribution in [3.8, 4) is 0 Å². The summed E-state index contributed by atoms with van der Waals surface area (Å²) in [6.45, 7) is 0. The number of ketones is 1. The van der Waals surface area contributed by atoms with Crippen molar-refractivity contribution in [3.63, 3.8) is 0 Å². The lowest BCUT2D eigenvalue weighted by Gasteiger charge is -2.06. The van der Waals surface area contributed by atoms with Crippen molar-refractivity contribution >= 4 is 5.78 Å². The number of Topliss-reactive ketones (excluding diaryl/α,β-unsaturated/α-hetero) is 1. The molecule has 0 atom stereocenters. The number of halogens is 2. The standard InChI is InChI=1S/C19H15F2N3O2/c1-24-18(26)8-7-16(23-24)17(25)10-14-6-5-12(11-22-14)9-13-3-2-4-15(20)19(13)21/h2-8,11H,9-10H2,1H3. The molecule has 2 heterocycles. The first-order chi connectivity index (χ1) is 12.4. The zero-order valence-electron chi connectivity index (χ0n) is 13.9. The Labute approximate surface area is 147 Å². The van der Waals surface area contributed by atoms with Gasteiger partial charge in [0.2, 0.25) is 0 Å². The second kappa shape index (κ2) is 7.35. The first-order valence-electron chi connectivity index (χ1n) is 7.88. The number of hydrogen-bond acceptors (Lipinski definition) is 4. The van der Waals surface area contributed by atoms with Crippen LogP contribution in [-0.4, -0.2) is 20.5 Å². The van der Waals surface area contributed by atoms with Gasteiger partial charge >= 0.3 is 0 Å². The number of aryl methyl sites for hydroxylation is 1. The highest BCUT2D eigenvalue weighted by atomic mass is 19.2. The van der Waals surface area contributed by atoms with Crippen LogP contribution in [0.5, 0.6) is 0 Å². The Bertz CT molecular complexity index is 1010. The van der Waals surface area contributed by atoms with Crippen LogP contribution in [0.2, 0.25) is 0 Å². The van der Waals surface area contributed by atoms with E-state index in [9.17, 15) is 18.4 Å². The molecule has 2 aromatic heterocycles. The number of pyridine rings is 1. The number of carbonyl (C=O) groups excluding carboxylic acids is 1. The average Bonchev–Trinajstić information content (AvgIpc) is 2.63. The Hall–Kier alpha value is -3.22. The van der Waals surface area contributed by atoms with E-state index in [2.05, 4.69) is 10.1 Å². The highest BCUT2D eigenvalue weighted by molar-refractivity contribution is 5.95. The fraction of sp³-hybridized carbons (Fsp3) is 0.158. The highest BCUT2D eigenvalue weighted by Crippen LogP contribution is 2.16. The van der Waals surface area contributed by atoms with Gasteiger partial charge in [-0.1, -0.05) is 18.2 Å². The molecule has 0 bridgehead atoms. The maximum atomic E-state index is 13.7. The molecule has 0 radical (unpaired) electrons. The minimum Gasteiger partial charge on any atom is -0.292 e. The average molecular weight is 355 g/mol. The molecule has 1 aromatic carbocycles. The molecule has 0 aliphatic rings. The summed E-state index contributed by atoms with van der Waals surface area (Å²) in [4.78, 5) is 27.7. The van der Waals surface area contributed by atoms with Gasteiger partial charge in [-0.25, -0.2) is 13.5 Å². The Morgan fingerprint density at radius 3 is 2.62 bits per heavy atom. The van der Waals surface area contributed by atoms with Crippen LogP contribution < -0.4 is 5.56 Å². The van der Waals surface area contributed by atoms with Crippen molar-refractivity contribution in [1.82, 2.24) is 14.8 Å². The zero-order valence-corrected chi connectivity index (χ0v) is 13.9. The van der Waals surface area contributed by atoms with Crippen molar-refractivity contribution in [2.75, 3.05) is 0 Å². The van der Waals surface area contributed by atoms with Crippen molar-refractivity contribution in [2.24, 2.45) is 7.05 Å². The number of hydrogen-bond donors (Lipinski definition) is 0. The largest absolute Gasteiger partial charge is 0.292 e. The van der Waals surface area contributed by atoms with E-state index in [1.54, 1.807) is 12.1 Å². The Morgan fingerprint density at radius 2 is 1.92 bits per heavy atom. The summed E-state index contributed by atoms with van der Waals surface area (Å²) < 4.78 is 28.1. The monoisotopic (exact) mass is 355 g/mol. The molecule has 0 unspecified atom stereocenters. The van der Waals surface area contributed by atoms with Crippen LogP contribution in [0.25, 0.3) is 0 Å². The van der Waals surface area contributed by atoms with Crippen molar-refractivity contribution in [2.45, 2.75) is 12.8 Å². The van der Waals surface area contributed by atoms with Crippen LogP contribution in [0.1, 0.15) is 27.3 Å². The number of nitrogens with zero attached hydrogens (tertiary/aromatic N) is 3. The molecule has 0 amide bonds. The molecule has 0 aliphatic carbocycles. The van der Waals surface area contributed by atoms with Gasteiger partial charge in [-0.15, -0.1) is 0 Å². The minimum absolute atomic E-state index is 0.0276. The number of carbonyl (C=O) groups is 1. The van der Waals surface area contributed by atoms with Crippen LogP contribution in [0, 0.1) is 11.6 Å². The van der Waals surface area contributed by atoms with Gasteiger partial charge < -0.3 is 0 Å². The van der Waals surface area contributed by atoms with E-state index in [0.29, 0.717) is 11.3 Å². The van der Waals surface area contributed by atoms with E-state index in [1.807, 2.05) is 0 Å². The highest BCUT2D eigenvalue weighted by Gasteiger charge is 2.12. The van der Waals surface area contributed by atoms with Crippen LogP contribution in [0.15, 0.2) is 53.5 Å². The summed E-state index contributed by atoms with van der Waals surface area (Å²) in [5, 5.41) is 3.91. The molecule has 0 fully saturated rings. The number of aromatic nitrogens is 3. The van der Waals surface area contributed by atoms with Gasteiger partial charge in [0.25, 0.3) is 5.56 Å². The van der Waals surface area contributed by atoms with E-state index in [1.165, 1.54) is 37.5 Å². The third-order valence-electron chi connectivity index (χ3n) is 3.90. The van der Waals surface area contributed by atoms with Gasteiger partial charge in [0.15, 0.2) is 17.4 Å². The van der Waals surface area contributed by atoms with E-state index in [0.717, 1.165) is 10.7 Å². The molecule has 0 saturated heterocycles. The molecular weight excluding hydrogens is 340 g/mol. The topological polar surface area (TPSA) is 64.8 Å². The summed E-state index contributed by atoms with van der Waals surface area (Å²) in [6, 6.07) is 10.1. The van der Waals surface area contributed by atoms with Crippen LogP contribution in [0.4, 0.5) is 8.78 Å². The van der Waals surface area contributed by atoms with E-state index in [4.69, 9.17) is 0 Å². The van der Waals surface area contributed by atoms with E-state index < -0.39 is 11.6 Å². The molecule has 132 valence electrons. The molecule has 0 spiro atoms. The first-order valence-corrected chi connectivity index (χ1v) is 7.88. The second-order valence-electron chi connectivity index (χ2n) is 5.83. The summed E-state index contributed by atoms with van der Waals surface area (Å²) in [5.41, 5.74) is 1.35. The summed E-state index contributed by atoms with van der Waals surface area (Å²) in [7, 11) is 1.47. The van der Waals surface area contributed by atoms with Gasteiger partial charge in [-0.05, 0) is 29.3 Å². The molecule has 0 saturated carbocycles. The summed E-state index contributed by atoms with van der Waals surface area (Å²) in [6.07, 6.45) is 1.76. The van der Waals surface area contributed by atoms with Crippen molar-refractivity contribution < 1.29 is 13.6 Å². The zero-order chi connectivity index (χ0) is 18.7. The van der Waals surface area contributed by atoms with Crippen LogP contribution in [-0.2, 0) is 19.9 Å². The molecule has 0 aliphatic heterocycles. The number of rotatable bonds is 5. The molecular formula is C19H15F2N3O2. The summed E-state index contributed by atoms with van der Waals surface area (Å²) >= 11 is 0. The van der Waals surface area contributed by atoms with Crippen molar-refractivity contribution in [1.29, 1.82) is 0 Å². The fourth-order valence-corrected chi connectivity index (χ4v) is 2.48. The molecule has 26 heavy (non-hydrogen) atoms. The van der Waals surface area contributed by atoms with Gasteiger partial charge in [-0.3, -0.25) is 14.6 Å². The quantitative estimate of drug-likeness (QED) is 0.660. The normalized spacial score (nSPS) is 10.7. The smallest absolute Gasteiger partial charge is 0.266 e. The first kappa shape index (κ1) is 17.6. The Morgan fingerprint density at radius 1 is 1.12 bits per heavy atom. The Balaban J connectivity index is 1.71.